The van der Waals surface area contributed by atoms with Crippen LogP contribution in [0, 0.1) is 11.6 Å². The van der Waals surface area contributed by atoms with Gasteiger partial charge < -0.3 is 9.88 Å². The Hall–Kier alpha value is -1.91. The number of nitrogens with zero attached hydrogens (tertiary/aromatic N) is 2. The molecule has 0 aliphatic rings. The van der Waals surface area contributed by atoms with Gasteiger partial charge in [-0.25, -0.2) is 13.8 Å². The fraction of sp³-hybridized carbons (Fsp3) is 0.182. The Balaban J connectivity index is 2.14. The number of benzene rings is 1. The lowest BCUT2D eigenvalue weighted by Crippen LogP contribution is -2.08. The highest BCUT2D eigenvalue weighted by molar-refractivity contribution is 5.45. The van der Waals surface area contributed by atoms with Gasteiger partial charge in [-0.05, 0) is 12.1 Å². The molecule has 2 rings (SSSR count). The Labute approximate surface area is 91.7 Å². The molecule has 1 aromatic carbocycles. The van der Waals surface area contributed by atoms with E-state index < -0.39 is 11.6 Å². The highest BCUT2D eigenvalue weighted by atomic mass is 19.1. The van der Waals surface area contributed by atoms with Crippen LogP contribution in [0.3, 0.4) is 0 Å². The van der Waals surface area contributed by atoms with E-state index in [0.717, 1.165) is 0 Å². The second-order valence-corrected chi connectivity index (χ2v) is 3.40. The Morgan fingerprint density at radius 3 is 2.56 bits per heavy atom. The highest BCUT2D eigenvalue weighted by Gasteiger charge is 2.08. The molecule has 3 nitrogen and oxygen atoms in total. The number of hydrogen-bond donors (Lipinski definition) is 1. The maximum atomic E-state index is 13.2. The average Bonchev–Trinajstić information content (AvgIpc) is 2.64. The van der Waals surface area contributed by atoms with E-state index in [4.69, 9.17) is 0 Å². The summed E-state index contributed by atoms with van der Waals surface area (Å²) in [5.74, 6) is -0.494. The van der Waals surface area contributed by atoms with Crippen molar-refractivity contribution in [3.8, 4) is 0 Å². The number of anilines is 1. The van der Waals surface area contributed by atoms with Gasteiger partial charge in [-0.2, -0.15) is 0 Å². The van der Waals surface area contributed by atoms with Crippen molar-refractivity contribution in [2.24, 2.45) is 7.05 Å². The molecule has 0 radical (unpaired) electrons. The van der Waals surface area contributed by atoms with Crippen molar-refractivity contribution in [2.45, 2.75) is 6.54 Å². The number of hydrogen-bond acceptors (Lipinski definition) is 2. The van der Waals surface area contributed by atoms with E-state index in [1.165, 1.54) is 18.2 Å². The largest absolute Gasteiger partial charge is 0.373 e. The lowest BCUT2D eigenvalue weighted by atomic mass is 10.3. The van der Waals surface area contributed by atoms with Crippen LogP contribution in [0.1, 0.15) is 5.82 Å². The zero-order chi connectivity index (χ0) is 11.5. The van der Waals surface area contributed by atoms with Crippen molar-refractivity contribution in [3.05, 3.63) is 48.1 Å². The molecule has 0 aliphatic carbocycles. The summed E-state index contributed by atoms with van der Waals surface area (Å²) < 4.78 is 28.3. The van der Waals surface area contributed by atoms with Crippen molar-refractivity contribution < 1.29 is 8.78 Å². The van der Waals surface area contributed by atoms with Gasteiger partial charge in [0.05, 0.1) is 6.54 Å². The Kier molecular flexibility index (Phi) is 2.85. The third-order valence-corrected chi connectivity index (χ3v) is 2.31. The van der Waals surface area contributed by atoms with E-state index in [1.54, 1.807) is 17.0 Å². The van der Waals surface area contributed by atoms with Crippen molar-refractivity contribution in [2.75, 3.05) is 5.32 Å². The summed E-state index contributed by atoms with van der Waals surface area (Å²) in [4.78, 5) is 4.05. The molecule has 0 saturated heterocycles. The minimum atomic E-state index is -0.603. The van der Waals surface area contributed by atoms with Gasteiger partial charge in [-0.15, -0.1) is 0 Å². The number of aryl methyl sites for hydroxylation is 1. The molecule has 2 aromatic rings. The first-order chi connectivity index (χ1) is 7.68. The molecule has 1 aromatic heterocycles. The summed E-state index contributed by atoms with van der Waals surface area (Å²) in [7, 11) is 1.82. The molecular weight excluding hydrogens is 212 g/mol. The fourth-order valence-electron chi connectivity index (χ4n) is 1.40. The SMILES string of the molecule is Cn1ccnc1CNc1c(F)cccc1F. The molecule has 0 spiro atoms. The van der Waals surface area contributed by atoms with Crippen LogP contribution in [0.15, 0.2) is 30.6 Å². The van der Waals surface area contributed by atoms with E-state index in [0.29, 0.717) is 5.82 Å². The Bertz CT molecular complexity index is 473. The van der Waals surface area contributed by atoms with Crippen molar-refractivity contribution in [1.82, 2.24) is 9.55 Å². The van der Waals surface area contributed by atoms with E-state index in [1.807, 2.05) is 7.05 Å². The summed E-state index contributed by atoms with van der Waals surface area (Å²) in [6.45, 7) is 0.279. The third-order valence-electron chi connectivity index (χ3n) is 2.31. The standard InChI is InChI=1S/C11H11F2N3/c1-16-6-5-14-10(16)7-15-11-8(12)3-2-4-9(11)13/h2-6,15H,7H2,1H3. The number of imidazole rings is 1. The van der Waals surface area contributed by atoms with Gasteiger partial charge in [-0.3, -0.25) is 0 Å². The predicted octanol–water partition coefficient (Wildman–Crippen LogP) is 2.31. The molecule has 1 N–H and O–H groups in total. The second kappa shape index (κ2) is 4.30. The fourth-order valence-corrected chi connectivity index (χ4v) is 1.40. The van der Waals surface area contributed by atoms with Crippen molar-refractivity contribution in [3.63, 3.8) is 0 Å². The van der Waals surface area contributed by atoms with Crippen LogP contribution in [-0.4, -0.2) is 9.55 Å². The first kappa shape index (κ1) is 10.6. The van der Waals surface area contributed by atoms with Crippen LogP contribution in [0.5, 0.6) is 0 Å². The Morgan fingerprint density at radius 2 is 2.00 bits per heavy atom. The minimum Gasteiger partial charge on any atom is -0.373 e. The van der Waals surface area contributed by atoms with E-state index in [9.17, 15) is 8.78 Å². The highest BCUT2D eigenvalue weighted by Crippen LogP contribution is 2.18. The Morgan fingerprint density at radius 1 is 1.31 bits per heavy atom. The molecule has 84 valence electrons. The number of nitrogens with one attached hydrogen (secondary N) is 1. The van der Waals surface area contributed by atoms with E-state index in [2.05, 4.69) is 10.3 Å². The summed E-state index contributed by atoms with van der Waals surface area (Å²) in [6, 6.07) is 3.75. The summed E-state index contributed by atoms with van der Waals surface area (Å²) in [5, 5.41) is 2.69. The summed E-state index contributed by atoms with van der Waals surface area (Å²) >= 11 is 0. The molecule has 0 bridgehead atoms. The molecule has 0 amide bonds. The quantitative estimate of drug-likeness (QED) is 0.865. The lowest BCUT2D eigenvalue weighted by Gasteiger charge is -2.08. The average molecular weight is 223 g/mol. The number of rotatable bonds is 3. The maximum absolute atomic E-state index is 13.2. The molecule has 0 atom stereocenters. The van der Waals surface area contributed by atoms with Crippen molar-refractivity contribution in [1.29, 1.82) is 0 Å². The number of halogens is 2. The summed E-state index contributed by atoms with van der Waals surface area (Å²) in [5.41, 5.74) is -0.120. The summed E-state index contributed by atoms with van der Waals surface area (Å²) in [6.07, 6.45) is 3.41. The van der Waals surface area contributed by atoms with Crippen LogP contribution in [0.2, 0.25) is 0 Å². The van der Waals surface area contributed by atoms with E-state index in [-0.39, 0.29) is 12.2 Å². The van der Waals surface area contributed by atoms with Gasteiger partial charge in [0.15, 0.2) is 0 Å². The zero-order valence-corrected chi connectivity index (χ0v) is 8.74. The molecule has 0 aliphatic heterocycles. The van der Waals surface area contributed by atoms with Gasteiger partial charge in [-0.1, -0.05) is 6.07 Å². The van der Waals surface area contributed by atoms with Crippen LogP contribution in [0.25, 0.3) is 0 Å². The zero-order valence-electron chi connectivity index (χ0n) is 8.74. The number of para-hydroxylation sites is 1. The van der Waals surface area contributed by atoms with Gasteiger partial charge in [0.1, 0.15) is 23.1 Å². The predicted molar refractivity (Wildman–Crippen MR) is 56.9 cm³/mol. The smallest absolute Gasteiger partial charge is 0.149 e. The first-order valence-corrected chi connectivity index (χ1v) is 4.82. The molecule has 0 saturated carbocycles. The van der Waals surface area contributed by atoms with Crippen LogP contribution >= 0.6 is 0 Å². The third kappa shape index (κ3) is 2.03. The molecular formula is C11H11F2N3. The molecule has 0 fully saturated rings. The van der Waals surface area contributed by atoms with Gasteiger partial charge in [0, 0.05) is 19.4 Å². The van der Waals surface area contributed by atoms with Crippen LogP contribution in [0.4, 0.5) is 14.5 Å². The molecule has 16 heavy (non-hydrogen) atoms. The topological polar surface area (TPSA) is 29.9 Å². The molecule has 0 unspecified atom stereocenters. The van der Waals surface area contributed by atoms with Gasteiger partial charge in [0.25, 0.3) is 0 Å². The normalized spacial score (nSPS) is 10.4. The van der Waals surface area contributed by atoms with Gasteiger partial charge >= 0.3 is 0 Å². The lowest BCUT2D eigenvalue weighted by molar-refractivity contribution is 0.587. The minimum absolute atomic E-state index is 0.120. The van der Waals surface area contributed by atoms with Crippen molar-refractivity contribution >= 4 is 5.69 Å². The molecule has 5 heteroatoms. The number of aromatic nitrogens is 2. The first-order valence-electron chi connectivity index (χ1n) is 4.82. The monoisotopic (exact) mass is 223 g/mol. The van der Waals surface area contributed by atoms with E-state index >= 15 is 0 Å². The van der Waals surface area contributed by atoms with Crippen LogP contribution in [-0.2, 0) is 13.6 Å². The second-order valence-electron chi connectivity index (χ2n) is 3.40. The van der Waals surface area contributed by atoms with Crippen LogP contribution < -0.4 is 5.32 Å². The molecule has 1 heterocycles. The van der Waals surface area contributed by atoms with Gasteiger partial charge in [0.2, 0.25) is 0 Å². The maximum Gasteiger partial charge on any atom is 0.149 e.